The first-order valence-electron chi connectivity index (χ1n) is 9.74. The standard InChI is InChI=1S/C19H25F3N6O2/c1-2-23-18(27-14-5-8-17-25-12-26-28(17)10-14)24-9-15(29)11-30-16-6-3-13(4-7-16)19(20,21)22/h3-4,6-7,12,14-15,29H,2,5,8-11H2,1H3,(H2,23,24,27). The maximum atomic E-state index is 12.6. The second kappa shape index (κ2) is 9.79. The molecule has 0 spiro atoms. The quantitative estimate of drug-likeness (QED) is 0.460. The molecule has 0 amide bonds. The Labute approximate surface area is 172 Å². The number of aliphatic hydroxyl groups excluding tert-OH is 1. The molecule has 1 aromatic carbocycles. The number of fused-ring (bicyclic) bond motifs is 1. The van der Waals surface area contributed by atoms with Crippen LogP contribution in [0.4, 0.5) is 13.2 Å². The van der Waals surface area contributed by atoms with Gasteiger partial charge < -0.3 is 20.5 Å². The predicted octanol–water partition coefficient (Wildman–Crippen LogP) is 1.61. The molecule has 2 heterocycles. The summed E-state index contributed by atoms with van der Waals surface area (Å²) in [6.45, 7) is 3.28. The average molecular weight is 426 g/mol. The molecule has 11 heteroatoms. The number of alkyl halides is 3. The number of aryl methyl sites for hydroxylation is 1. The molecular weight excluding hydrogens is 401 g/mol. The maximum Gasteiger partial charge on any atom is 0.416 e. The summed E-state index contributed by atoms with van der Waals surface area (Å²) in [6, 6.07) is 4.48. The molecule has 2 aromatic rings. The van der Waals surface area contributed by atoms with Crippen molar-refractivity contribution >= 4 is 5.96 Å². The van der Waals surface area contributed by atoms with Gasteiger partial charge in [-0.3, -0.25) is 4.99 Å². The van der Waals surface area contributed by atoms with Crippen LogP contribution in [0.5, 0.6) is 5.75 Å². The van der Waals surface area contributed by atoms with Crippen molar-refractivity contribution in [1.82, 2.24) is 25.4 Å². The Hall–Kier alpha value is -2.82. The Morgan fingerprint density at radius 2 is 2.13 bits per heavy atom. The number of halogens is 3. The number of hydrogen-bond acceptors (Lipinski definition) is 5. The van der Waals surface area contributed by atoms with Crippen LogP contribution in [-0.2, 0) is 19.1 Å². The summed E-state index contributed by atoms with van der Waals surface area (Å²) in [7, 11) is 0. The van der Waals surface area contributed by atoms with Crippen molar-refractivity contribution < 1.29 is 23.0 Å². The van der Waals surface area contributed by atoms with Gasteiger partial charge in [-0.15, -0.1) is 0 Å². The lowest BCUT2D eigenvalue weighted by molar-refractivity contribution is -0.137. The molecule has 2 unspecified atom stereocenters. The summed E-state index contributed by atoms with van der Waals surface area (Å²) in [5.41, 5.74) is -0.748. The highest BCUT2D eigenvalue weighted by Crippen LogP contribution is 2.30. The van der Waals surface area contributed by atoms with Crippen LogP contribution >= 0.6 is 0 Å². The number of aliphatic imine (C=N–C) groups is 1. The van der Waals surface area contributed by atoms with Crippen molar-refractivity contribution in [3.05, 3.63) is 42.0 Å². The molecule has 0 aliphatic carbocycles. The lowest BCUT2D eigenvalue weighted by Gasteiger charge is -2.25. The van der Waals surface area contributed by atoms with Crippen molar-refractivity contribution in [1.29, 1.82) is 0 Å². The van der Waals surface area contributed by atoms with E-state index in [-0.39, 0.29) is 24.9 Å². The zero-order valence-electron chi connectivity index (χ0n) is 16.6. The zero-order valence-corrected chi connectivity index (χ0v) is 16.6. The Morgan fingerprint density at radius 3 is 2.83 bits per heavy atom. The van der Waals surface area contributed by atoms with Gasteiger partial charge in [-0.1, -0.05) is 0 Å². The number of benzene rings is 1. The molecule has 0 bridgehead atoms. The lowest BCUT2D eigenvalue weighted by atomic mass is 10.1. The van der Waals surface area contributed by atoms with Crippen molar-refractivity contribution in [3.8, 4) is 5.75 Å². The van der Waals surface area contributed by atoms with E-state index in [1.807, 2.05) is 11.6 Å². The Balaban J connectivity index is 1.48. The van der Waals surface area contributed by atoms with E-state index in [2.05, 4.69) is 25.7 Å². The Bertz CT molecular complexity index is 838. The van der Waals surface area contributed by atoms with E-state index in [4.69, 9.17) is 4.74 Å². The maximum absolute atomic E-state index is 12.6. The topological polar surface area (TPSA) is 96.6 Å². The van der Waals surface area contributed by atoms with Crippen LogP contribution in [0.1, 0.15) is 24.7 Å². The number of aliphatic hydroxyl groups is 1. The molecule has 1 aromatic heterocycles. The molecule has 164 valence electrons. The smallest absolute Gasteiger partial charge is 0.416 e. The summed E-state index contributed by atoms with van der Waals surface area (Å²) in [5.74, 6) is 1.78. The number of ether oxygens (including phenoxy) is 1. The second-order valence-corrected chi connectivity index (χ2v) is 6.94. The van der Waals surface area contributed by atoms with Crippen LogP contribution in [0.15, 0.2) is 35.6 Å². The van der Waals surface area contributed by atoms with Crippen molar-refractivity contribution in [3.63, 3.8) is 0 Å². The molecule has 3 rings (SSSR count). The van der Waals surface area contributed by atoms with Gasteiger partial charge in [0.25, 0.3) is 0 Å². The molecule has 1 aliphatic heterocycles. The van der Waals surface area contributed by atoms with Gasteiger partial charge in [0.1, 0.15) is 30.6 Å². The van der Waals surface area contributed by atoms with Crippen LogP contribution in [0.25, 0.3) is 0 Å². The van der Waals surface area contributed by atoms with Crippen LogP contribution < -0.4 is 15.4 Å². The van der Waals surface area contributed by atoms with Gasteiger partial charge in [0.15, 0.2) is 5.96 Å². The summed E-state index contributed by atoms with van der Waals surface area (Å²) < 4.78 is 45.0. The lowest BCUT2D eigenvalue weighted by Crippen LogP contribution is -2.47. The number of aromatic nitrogens is 3. The first kappa shape index (κ1) is 21.9. The van der Waals surface area contributed by atoms with E-state index in [1.54, 1.807) is 6.33 Å². The SMILES string of the molecule is CCNC(=NCC(O)COc1ccc(C(F)(F)F)cc1)NC1CCc2ncnn2C1. The monoisotopic (exact) mass is 426 g/mol. The van der Waals surface area contributed by atoms with Gasteiger partial charge in [0.05, 0.1) is 18.7 Å². The minimum Gasteiger partial charge on any atom is -0.491 e. The highest BCUT2D eigenvalue weighted by molar-refractivity contribution is 5.80. The second-order valence-electron chi connectivity index (χ2n) is 6.94. The minimum atomic E-state index is -4.39. The predicted molar refractivity (Wildman–Crippen MR) is 104 cm³/mol. The third-order valence-corrected chi connectivity index (χ3v) is 4.57. The number of hydrogen-bond donors (Lipinski definition) is 3. The fourth-order valence-electron chi connectivity index (χ4n) is 3.05. The van der Waals surface area contributed by atoms with Crippen molar-refractivity contribution in [2.24, 2.45) is 4.99 Å². The summed E-state index contributed by atoms with van der Waals surface area (Å²) in [5, 5.41) is 20.8. The van der Waals surface area contributed by atoms with E-state index >= 15 is 0 Å². The Morgan fingerprint density at radius 1 is 1.37 bits per heavy atom. The zero-order chi connectivity index (χ0) is 21.6. The first-order valence-corrected chi connectivity index (χ1v) is 9.74. The summed E-state index contributed by atoms with van der Waals surface area (Å²) in [6.07, 6.45) is -2.04. The first-order chi connectivity index (χ1) is 14.3. The van der Waals surface area contributed by atoms with Crippen LogP contribution in [0.3, 0.4) is 0 Å². The number of rotatable bonds is 7. The fourth-order valence-corrected chi connectivity index (χ4v) is 3.05. The molecular formula is C19H25F3N6O2. The Kier molecular flexibility index (Phi) is 7.14. The average Bonchev–Trinajstić information content (AvgIpc) is 3.18. The van der Waals surface area contributed by atoms with Crippen molar-refractivity contribution in [2.45, 2.75) is 44.6 Å². The van der Waals surface area contributed by atoms with Gasteiger partial charge in [0, 0.05) is 19.0 Å². The van der Waals surface area contributed by atoms with E-state index in [9.17, 15) is 18.3 Å². The molecule has 0 radical (unpaired) electrons. The van der Waals surface area contributed by atoms with Gasteiger partial charge >= 0.3 is 6.18 Å². The van der Waals surface area contributed by atoms with E-state index < -0.39 is 17.8 Å². The molecule has 8 nitrogen and oxygen atoms in total. The van der Waals surface area contributed by atoms with Gasteiger partial charge in [-0.05, 0) is 37.6 Å². The molecule has 2 atom stereocenters. The molecule has 0 fully saturated rings. The van der Waals surface area contributed by atoms with Crippen LogP contribution in [0.2, 0.25) is 0 Å². The third kappa shape index (κ3) is 6.09. The van der Waals surface area contributed by atoms with Crippen LogP contribution in [0, 0.1) is 0 Å². The fraction of sp³-hybridized carbons (Fsp3) is 0.526. The highest BCUT2D eigenvalue weighted by Gasteiger charge is 2.30. The molecule has 0 saturated carbocycles. The summed E-state index contributed by atoms with van der Waals surface area (Å²) >= 11 is 0. The molecule has 0 saturated heterocycles. The molecule has 3 N–H and O–H groups in total. The van der Waals surface area contributed by atoms with E-state index in [0.29, 0.717) is 19.0 Å². The van der Waals surface area contributed by atoms with Crippen LogP contribution in [-0.4, -0.2) is 57.7 Å². The number of nitrogens with zero attached hydrogens (tertiary/aromatic N) is 4. The van der Waals surface area contributed by atoms with Gasteiger partial charge in [-0.2, -0.15) is 18.3 Å². The van der Waals surface area contributed by atoms with E-state index in [1.165, 1.54) is 12.1 Å². The number of guanidine groups is 1. The summed E-state index contributed by atoms with van der Waals surface area (Å²) in [4.78, 5) is 8.58. The van der Waals surface area contributed by atoms with Crippen molar-refractivity contribution in [2.75, 3.05) is 19.7 Å². The molecule has 1 aliphatic rings. The third-order valence-electron chi connectivity index (χ3n) is 4.57. The van der Waals surface area contributed by atoms with E-state index in [0.717, 1.165) is 30.8 Å². The largest absolute Gasteiger partial charge is 0.491 e. The number of nitrogens with one attached hydrogen (secondary N) is 2. The normalized spacial score (nSPS) is 17.9. The minimum absolute atomic E-state index is 0.0806. The highest BCUT2D eigenvalue weighted by atomic mass is 19.4. The molecule has 30 heavy (non-hydrogen) atoms. The van der Waals surface area contributed by atoms with Gasteiger partial charge in [0.2, 0.25) is 0 Å². The van der Waals surface area contributed by atoms with Gasteiger partial charge in [-0.25, -0.2) is 9.67 Å².